The summed E-state index contributed by atoms with van der Waals surface area (Å²) >= 11 is 6.13. The highest BCUT2D eigenvalue weighted by Crippen LogP contribution is 2.37. The van der Waals surface area contributed by atoms with Crippen LogP contribution in [0, 0.1) is 0 Å². The summed E-state index contributed by atoms with van der Waals surface area (Å²) in [5.74, 6) is 2.07. The second-order valence-corrected chi connectivity index (χ2v) is 6.59. The van der Waals surface area contributed by atoms with E-state index in [1.54, 1.807) is 0 Å². The van der Waals surface area contributed by atoms with Crippen molar-refractivity contribution in [1.29, 1.82) is 0 Å². The monoisotopic (exact) mass is 318 g/mol. The highest BCUT2D eigenvalue weighted by atomic mass is 35.5. The number of nitrogens with zero attached hydrogens (tertiary/aromatic N) is 4. The number of likely N-dealkylation sites (N-methyl/N-ethyl adjacent to an activating group) is 1. The number of anilines is 2. The van der Waals surface area contributed by atoms with E-state index in [9.17, 15) is 0 Å². The Morgan fingerprint density at radius 3 is 2.91 bits per heavy atom. The number of rotatable bonds is 3. The van der Waals surface area contributed by atoms with Crippen molar-refractivity contribution in [3.8, 4) is 0 Å². The summed E-state index contributed by atoms with van der Waals surface area (Å²) in [5.41, 5.74) is 2.33. The largest absolute Gasteiger partial charge is 0.371 e. The lowest BCUT2D eigenvalue weighted by molar-refractivity contribution is 0.291. The van der Waals surface area contributed by atoms with Crippen LogP contribution in [-0.4, -0.2) is 30.3 Å². The van der Waals surface area contributed by atoms with E-state index >= 15 is 0 Å². The van der Waals surface area contributed by atoms with Gasteiger partial charge in [-0.05, 0) is 31.0 Å². The zero-order valence-electron chi connectivity index (χ0n) is 12.6. The van der Waals surface area contributed by atoms with E-state index in [0.717, 1.165) is 35.5 Å². The number of aromatic nitrogens is 2. The highest BCUT2D eigenvalue weighted by molar-refractivity contribution is 6.31. The van der Waals surface area contributed by atoms with Gasteiger partial charge in [0.1, 0.15) is 0 Å². The molecule has 116 valence electrons. The molecule has 1 aliphatic carbocycles. The van der Waals surface area contributed by atoms with Crippen molar-refractivity contribution >= 4 is 23.0 Å². The van der Waals surface area contributed by atoms with Crippen LogP contribution in [0.5, 0.6) is 0 Å². The van der Waals surface area contributed by atoms with Crippen LogP contribution in [0.1, 0.15) is 36.9 Å². The molecule has 0 N–H and O–H groups in total. The van der Waals surface area contributed by atoms with Crippen molar-refractivity contribution in [3.05, 3.63) is 34.9 Å². The number of halogens is 1. The molecule has 1 aromatic carbocycles. The summed E-state index contributed by atoms with van der Waals surface area (Å²) in [4.78, 5) is 9.10. The minimum atomic E-state index is 0.486. The molecule has 2 aromatic rings. The molecular formula is C16H19ClN4O. The maximum atomic E-state index is 6.13. The van der Waals surface area contributed by atoms with Crippen LogP contribution in [0.3, 0.4) is 0 Å². The first-order valence-electron chi connectivity index (χ1n) is 7.79. The fourth-order valence-corrected chi connectivity index (χ4v) is 3.24. The van der Waals surface area contributed by atoms with Crippen LogP contribution in [0.15, 0.2) is 22.7 Å². The summed E-state index contributed by atoms with van der Waals surface area (Å²) in [5, 5.41) is 4.92. The van der Waals surface area contributed by atoms with Crippen molar-refractivity contribution in [2.24, 2.45) is 0 Å². The Balaban J connectivity index is 1.56. The van der Waals surface area contributed by atoms with E-state index in [2.05, 4.69) is 33.1 Å². The Morgan fingerprint density at radius 1 is 1.27 bits per heavy atom. The van der Waals surface area contributed by atoms with Crippen LogP contribution in [0.4, 0.5) is 11.4 Å². The second-order valence-electron chi connectivity index (χ2n) is 6.15. The average Bonchev–Trinajstić information content (AvgIpc) is 2.88. The minimum absolute atomic E-state index is 0.486. The van der Waals surface area contributed by atoms with Gasteiger partial charge in [0, 0.05) is 31.1 Å². The molecule has 1 saturated carbocycles. The van der Waals surface area contributed by atoms with Gasteiger partial charge in [0.2, 0.25) is 5.89 Å². The van der Waals surface area contributed by atoms with Gasteiger partial charge in [-0.1, -0.05) is 23.2 Å². The van der Waals surface area contributed by atoms with Gasteiger partial charge in [-0.3, -0.25) is 0 Å². The number of benzene rings is 1. The molecule has 0 unspecified atom stereocenters. The predicted molar refractivity (Wildman–Crippen MR) is 86.7 cm³/mol. The smallest absolute Gasteiger partial charge is 0.229 e. The quantitative estimate of drug-likeness (QED) is 0.867. The molecule has 0 bridgehead atoms. The summed E-state index contributed by atoms with van der Waals surface area (Å²) in [6.45, 7) is 2.58. The molecule has 0 radical (unpaired) electrons. The fraction of sp³-hybridized carbons (Fsp3) is 0.500. The van der Waals surface area contributed by atoms with Crippen LogP contribution in [0.2, 0.25) is 5.02 Å². The zero-order valence-corrected chi connectivity index (χ0v) is 13.4. The van der Waals surface area contributed by atoms with Gasteiger partial charge in [0.15, 0.2) is 5.82 Å². The normalized spacial score (nSPS) is 18.3. The van der Waals surface area contributed by atoms with Crippen molar-refractivity contribution in [3.63, 3.8) is 0 Å². The van der Waals surface area contributed by atoms with Gasteiger partial charge in [-0.15, -0.1) is 0 Å². The first-order valence-corrected chi connectivity index (χ1v) is 8.16. The van der Waals surface area contributed by atoms with Gasteiger partial charge >= 0.3 is 0 Å². The maximum absolute atomic E-state index is 6.13. The van der Waals surface area contributed by atoms with E-state index in [0.29, 0.717) is 12.5 Å². The molecule has 5 nitrogen and oxygen atoms in total. The van der Waals surface area contributed by atoms with Crippen LogP contribution in [0.25, 0.3) is 0 Å². The molecule has 0 amide bonds. The molecule has 22 heavy (non-hydrogen) atoms. The first kappa shape index (κ1) is 13.9. The molecule has 0 atom stereocenters. The van der Waals surface area contributed by atoms with E-state index < -0.39 is 0 Å². The second kappa shape index (κ2) is 5.47. The van der Waals surface area contributed by atoms with E-state index in [1.165, 1.54) is 24.9 Å². The number of hydrogen-bond donors (Lipinski definition) is 0. The molecule has 4 rings (SSSR count). The van der Waals surface area contributed by atoms with Gasteiger partial charge < -0.3 is 14.3 Å². The van der Waals surface area contributed by atoms with E-state index in [-0.39, 0.29) is 0 Å². The summed E-state index contributed by atoms with van der Waals surface area (Å²) in [7, 11) is 2.09. The third-order valence-corrected chi connectivity index (χ3v) is 4.90. The van der Waals surface area contributed by atoms with Gasteiger partial charge in [-0.2, -0.15) is 4.98 Å². The van der Waals surface area contributed by atoms with E-state index in [4.69, 9.17) is 16.1 Å². The van der Waals surface area contributed by atoms with E-state index in [1.807, 2.05) is 12.1 Å². The predicted octanol–water partition coefficient (Wildman–Crippen LogP) is 3.45. The maximum Gasteiger partial charge on any atom is 0.229 e. The van der Waals surface area contributed by atoms with Gasteiger partial charge in [-0.25, -0.2) is 0 Å². The molecule has 0 saturated heterocycles. The molecule has 6 heteroatoms. The first-order chi connectivity index (χ1) is 10.7. The SMILES string of the molecule is CN1CCN(Cc2noc(C3CCC3)n2)c2ccc(Cl)cc21. The summed E-state index contributed by atoms with van der Waals surface area (Å²) in [6, 6.07) is 6.02. The highest BCUT2D eigenvalue weighted by Gasteiger charge is 2.27. The molecular weight excluding hydrogens is 300 g/mol. The van der Waals surface area contributed by atoms with Crippen molar-refractivity contribution in [2.75, 3.05) is 29.9 Å². The topological polar surface area (TPSA) is 45.4 Å². The van der Waals surface area contributed by atoms with Crippen LogP contribution >= 0.6 is 11.6 Å². The third kappa shape index (κ3) is 2.43. The van der Waals surface area contributed by atoms with Crippen molar-refractivity contribution < 1.29 is 4.52 Å². The molecule has 1 fully saturated rings. The number of fused-ring (bicyclic) bond motifs is 1. The lowest BCUT2D eigenvalue weighted by Crippen LogP contribution is -2.39. The Kier molecular flexibility index (Phi) is 3.45. The molecule has 2 heterocycles. The molecule has 1 aliphatic heterocycles. The van der Waals surface area contributed by atoms with Gasteiger partial charge in [0.05, 0.1) is 17.9 Å². The Bertz CT molecular complexity index is 683. The molecule has 1 aromatic heterocycles. The Labute approximate surface area is 134 Å². The molecule has 0 spiro atoms. The Morgan fingerprint density at radius 2 is 2.14 bits per heavy atom. The Hall–Kier alpha value is -1.75. The van der Waals surface area contributed by atoms with Crippen LogP contribution in [-0.2, 0) is 6.54 Å². The van der Waals surface area contributed by atoms with Crippen molar-refractivity contribution in [2.45, 2.75) is 31.7 Å². The zero-order chi connectivity index (χ0) is 15.1. The third-order valence-electron chi connectivity index (χ3n) is 4.67. The summed E-state index contributed by atoms with van der Waals surface area (Å²) in [6.07, 6.45) is 3.63. The van der Waals surface area contributed by atoms with Crippen LogP contribution < -0.4 is 9.80 Å². The average molecular weight is 319 g/mol. The van der Waals surface area contributed by atoms with Gasteiger partial charge in [0.25, 0.3) is 0 Å². The van der Waals surface area contributed by atoms with Crippen molar-refractivity contribution in [1.82, 2.24) is 10.1 Å². The lowest BCUT2D eigenvalue weighted by Gasteiger charge is -2.36. The minimum Gasteiger partial charge on any atom is -0.371 e. The fourth-order valence-electron chi connectivity index (χ4n) is 3.07. The summed E-state index contributed by atoms with van der Waals surface area (Å²) < 4.78 is 5.42. The standard InChI is InChI=1S/C16H19ClN4O/c1-20-7-8-21(13-6-5-12(17)9-14(13)20)10-15-18-16(22-19-15)11-3-2-4-11/h5-6,9,11H,2-4,7-8,10H2,1H3. The molecule has 2 aliphatic rings. The number of hydrogen-bond acceptors (Lipinski definition) is 5. The lowest BCUT2D eigenvalue weighted by atomic mass is 9.85.